The summed E-state index contributed by atoms with van der Waals surface area (Å²) in [5, 5.41) is 3.19. The normalized spacial score (nSPS) is 14.3. The predicted octanol–water partition coefficient (Wildman–Crippen LogP) is 1.92. The van der Waals surface area contributed by atoms with Gasteiger partial charge in [0.05, 0.1) is 5.54 Å². The van der Waals surface area contributed by atoms with Gasteiger partial charge in [-0.15, -0.1) is 0 Å². The van der Waals surface area contributed by atoms with Crippen molar-refractivity contribution < 1.29 is 9.18 Å². The third-order valence-corrected chi connectivity index (χ3v) is 2.98. The summed E-state index contributed by atoms with van der Waals surface area (Å²) in [5.41, 5.74) is 5.07. The number of amides is 1. The van der Waals surface area contributed by atoms with E-state index in [0.29, 0.717) is 18.5 Å². The molecule has 0 radical (unpaired) electrons. The minimum atomic E-state index is -0.702. The fourth-order valence-corrected chi connectivity index (χ4v) is 2.18. The minimum Gasteiger partial charge on any atom is -0.370 e. The molecule has 3 nitrogen and oxygen atoms in total. The summed E-state index contributed by atoms with van der Waals surface area (Å²) >= 11 is 0. The summed E-state index contributed by atoms with van der Waals surface area (Å²) < 4.78 is 13.9. The van der Waals surface area contributed by atoms with Crippen LogP contribution < -0.4 is 11.1 Å². The average molecular weight is 238 g/mol. The van der Waals surface area contributed by atoms with Crippen molar-refractivity contribution in [2.75, 3.05) is 6.54 Å². The Morgan fingerprint density at radius 2 is 2.06 bits per heavy atom. The zero-order chi connectivity index (χ0) is 12.9. The number of nitrogens with one attached hydrogen (secondary N) is 1. The lowest BCUT2D eigenvalue weighted by atomic mass is 9.83. The summed E-state index contributed by atoms with van der Waals surface area (Å²) in [6.07, 6.45) is 0.697. The largest absolute Gasteiger partial charge is 0.370 e. The van der Waals surface area contributed by atoms with Crippen molar-refractivity contribution in [1.82, 2.24) is 5.32 Å². The lowest BCUT2D eigenvalue weighted by Crippen LogP contribution is -2.45. The molecular weight excluding hydrogens is 219 g/mol. The molecule has 1 aromatic carbocycles. The summed E-state index contributed by atoms with van der Waals surface area (Å²) in [5.74, 6) is -0.743. The molecule has 0 aromatic heterocycles. The van der Waals surface area contributed by atoms with Crippen LogP contribution in [0, 0.1) is 5.82 Å². The molecule has 4 heteroatoms. The Morgan fingerprint density at radius 1 is 1.41 bits per heavy atom. The van der Waals surface area contributed by atoms with E-state index in [2.05, 4.69) is 5.32 Å². The van der Waals surface area contributed by atoms with Crippen molar-refractivity contribution in [1.29, 1.82) is 0 Å². The summed E-state index contributed by atoms with van der Waals surface area (Å²) in [4.78, 5) is 11.2. The second-order valence-corrected chi connectivity index (χ2v) is 4.09. The van der Waals surface area contributed by atoms with E-state index >= 15 is 0 Å². The molecule has 1 aromatic rings. The van der Waals surface area contributed by atoms with Crippen LogP contribution in [0.1, 0.15) is 32.3 Å². The van der Waals surface area contributed by atoms with Crippen LogP contribution >= 0.6 is 0 Å². The first-order chi connectivity index (χ1) is 8.05. The van der Waals surface area contributed by atoms with Gasteiger partial charge in [-0.2, -0.15) is 0 Å². The molecule has 94 valence electrons. The molecule has 1 rings (SSSR count). The van der Waals surface area contributed by atoms with E-state index < -0.39 is 11.4 Å². The number of hydrogen-bond donors (Lipinski definition) is 2. The molecule has 0 spiro atoms. The fraction of sp³-hybridized carbons (Fsp3) is 0.462. The van der Waals surface area contributed by atoms with Crippen LogP contribution in [-0.4, -0.2) is 12.5 Å². The molecule has 17 heavy (non-hydrogen) atoms. The Balaban J connectivity index is 3.21. The van der Waals surface area contributed by atoms with Gasteiger partial charge in [-0.1, -0.05) is 32.0 Å². The highest BCUT2D eigenvalue weighted by Gasteiger charge is 2.33. The molecule has 0 saturated heterocycles. The van der Waals surface area contributed by atoms with Crippen LogP contribution in [0.5, 0.6) is 0 Å². The molecule has 3 N–H and O–H groups in total. The third kappa shape index (κ3) is 3.03. The van der Waals surface area contributed by atoms with Gasteiger partial charge in [-0.25, -0.2) is 4.39 Å². The maximum Gasteiger partial charge on any atom is 0.219 e. The third-order valence-electron chi connectivity index (χ3n) is 2.98. The minimum absolute atomic E-state index is 0.0955. The zero-order valence-corrected chi connectivity index (χ0v) is 10.3. The molecule has 1 atom stereocenters. The van der Waals surface area contributed by atoms with E-state index in [1.54, 1.807) is 18.2 Å². The van der Waals surface area contributed by atoms with Crippen molar-refractivity contribution in [3.8, 4) is 0 Å². The van der Waals surface area contributed by atoms with E-state index in [1.807, 2.05) is 13.8 Å². The number of hydrogen-bond acceptors (Lipinski definition) is 2. The smallest absolute Gasteiger partial charge is 0.219 e. The fourth-order valence-electron chi connectivity index (χ4n) is 2.18. The van der Waals surface area contributed by atoms with Crippen LogP contribution in [0.2, 0.25) is 0 Å². The molecular formula is C13H19FN2O. The average Bonchev–Trinajstić information content (AvgIpc) is 2.28. The lowest BCUT2D eigenvalue weighted by molar-refractivity contribution is -0.119. The van der Waals surface area contributed by atoms with E-state index in [0.717, 1.165) is 0 Å². The monoisotopic (exact) mass is 238 g/mol. The van der Waals surface area contributed by atoms with Gasteiger partial charge in [-0.3, -0.25) is 4.79 Å². The van der Waals surface area contributed by atoms with E-state index in [9.17, 15) is 9.18 Å². The molecule has 0 aliphatic rings. The second-order valence-electron chi connectivity index (χ2n) is 4.09. The van der Waals surface area contributed by atoms with Crippen LogP contribution in [0.4, 0.5) is 4.39 Å². The van der Waals surface area contributed by atoms with Crippen molar-refractivity contribution in [2.24, 2.45) is 5.73 Å². The van der Waals surface area contributed by atoms with Crippen molar-refractivity contribution in [3.63, 3.8) is 0 Å². The van der Waals surface area contributed by atoms with Crippen molar-refractivity contribution in [2.45, 2.75) is 32.2 Å². The quantitative estimate of drug-likeness (QED) is 0.795. The Morgan fingerprint density at radius 3 is 2.53 bits per heavy atom. The SMILES string of the molecule is CCNC(CC)(CC(N)=O)c1ccccc1F. The number of carbonyl (C=O) groups excluding carboxylic acids is 1. The highest BCUT2D eigenvalue weighted by Crippen LogP contribution is 2.30. The summed E-state index contributed by atoms with van der Waals surface area (Å²) in [7, 11) is 0. The van der Waals surface area contributed by atoms with Gasteiger partial charge in [0, 0.05) is 12.0 Å². The maximum atomic E-state index is 13.9. The number of nitrogens with two attached hydrogens (primary N) is 1. The standard InChI is InChI=1S/C13H19FN2O/c1-3-13(16-4-2,9-12(15)17)10-7-5-6-8-11(10)14/h5-8,16H,3-4,9H2,1-2H3,(H2,15,17). The lowest BCUT2D eigenvalue weighted by Gasteiger charge is -2.33. The molecule has 0 saturated carbocycles. The van der Waals surface area contributed by atoms with Gasteiger partial charge in [0.2, 0.25) is 5.91 Å². The molecule has 0 aliphatic carbocycles. The van der Waals surface area contributed by atoms with E-state index in [1.165, 1.54) is 6.07 Å². The molecule has 0 heterocycles. The Kier molecular flexibility index (Phi) is 4.63. The maximum absolute atomic E-state index is 13.9. The molecule has 0 aliphatic heterocycles. The first-order valence-electron chi connectivity index (χ1n) is 5.84. The number of benzene rings is 1. The van der Waals surface area contributed by atoms with Crippen molar-refractivity contribution >= 4 is 5.91 Å². The molecule has 0 fully saturated rings. The van der Waals surface area contributed by atoms with Gasteiger partial charge >= 0.3 is 0 Å². The van der Waals surface area contributed by atoms with Crippen LogP contribution in [0.3, 0.4) is 0 Å². The highest BCUT2D eigenvalue weighted by molar-refractivity contribution is 5.75. The van der Waals surface area contributed by atoms with Crippen LogP contribution in [0.25, 0.3) is 0 Å². The Hall–Kier alpha value is -1.42. The summed E-state index contributed by atoms with van der Waals surface area (Å²) in [6.45, 7) is 4.49. The van der Waals surface area contributed by atoms with Gasteiger partial charge in [0.1, 0.15) is 5.82 Å². The van der Waals surface area contributed by atoms with Gasteiger partial charge < -0.3 is 11.1 Å². The Labute approximate surface area is 101 Å². The van der Waals surface area contributed by atoms with Gasteiger partial charge in [-0.05, 0) is 19.0 Å². The molecule has 1 amide bonds. The predicted molar refractivity (Wildman–Crippen MR) is 65.9 cm³/mol. The first kappa shape index (κ1) is 13.6. The number of rotatable bonds is 6. The van der Waals surface area contributed by atoms with Gasteiger partial charge in [0.25, 0.3) is 0 Å². The number of primary amides is 1. The summed E-state index contributed by atoms with van der Waals surface area (Å²) in [6, 6.07) is 6.50. The van der Waals surface area contributed by atoms with E-state index in [-0.39, 0.29) is 12.2 Å². The highest BCUT2D eigenvalue weighted by atomic mass is 19.1. The first-order valence-corrected chi connectivity index (χ1v) is 5.84. The van der Waals surface area contributed by atoms with Gasteiger partial charge in [0.15, 0.2) is 0 Å². The topological polar surface area (TPSA) is 55.1 Å². The Bertz CT molecular complexity index is 395. The molecule has 0 bridgehead atoms. The van der Waals surface area contributed by atoms with Crippen LogP contribution in [-0.2, 0) is 10.3 Å². The number of carbonyl (C=O) groups is 1. The second kappa shape index (κ2) is 5.77. The van der Waals surface area contributed by atoms with Crippen molar-refractivity contribution in [3.05, 3.63) is 35.6 Å². The molecule has 1 unspecified atom stereocenters. The van der Waals surface area contributed by atoms with Crippen LogP contribution in [0.15, 0.2) is 24.3 Å². The van der Waals surface area contributed by atoms with E-state index in [4.69, 9.17) is 5.73 Å². The zero-order valence-electron chi connectivity index (χ0n) is 10.3. The number of halogens is 1.